The molecule has 0 aliphatic carbocycles. The van der Waals surface area contributed by atoms with Crippen LogP contribution in [-0.4, -0.2) is 70.6 Å². The van der Waals surface area contributed by atoms with Crippen LogP contribution in [0.2, 0.25) is 0 Å². The number of alkyl halides is 3. The molecule has 2 fully saturated rings. The van der Waals surface area contributed by atoms with Crippen LogP contribution in [0.4, 0.5) is 13.2 Å². The summed E-state index contributed by atoms with van der Waals surface area (Å²) >= 11 is 5.14. The number of rotatable bonds is 7. The largest absolute Gasteiger partial charge is 0.511 e. The standard InChI is InChI=1S/C27H30F3N5O4S2/c28-27(29,30)41(38,39)34-8-6-19(7-9-34)35-15-22(17-2-1-3-18(11-17)25(31)40)21-5-4-16(10-24(21)35)13-33-26(37)23-12-20(36)14-32-23/h1-5,10-11,15,19-20,23,32,36H,6-9,12-14H2,(H2,31,40)(H,33,37)/t20-,23-/m0/s1. The third-order valence-corrected chi connectivity index (χ3v) is 9.56. The number of nitrogens with one attached hydrogen (secondary N) is 2. The Morgan fingerprint density at radius 1 is 1.17 bits per heavy atom. The van der Waals surface area contributed by atoms with Crippen LogP contribution in [0.1, 0.15) is 36.4 Å². The SMILES string of the molecule is NC(=S)c1cccc(-c2cn(C3CCN(S(=O)(=O)C(F)(F)F)CC3)c3cc(CNC(=O)[C@@H]4C[C@H](O)CN4)ccc23)c1. The van der Waals surface area contributed by atoms with Crippen LogP contribution in [0.5, 0.6) is 0 Å². The van der Waals surface area contributed by atoms with Crippen LogP contribution in [0.3, 0.4) is 0 Å². The molecule has 0 spiro atoms. The number of aliphatic hydroxyl groups excluding tert-OH is 1. The zero-order valence-electron chi connectivity index (χ0n) is 21.9. The molecule has 41 heavy (non-hydrogen) atoms. The summed E-state index contributed by atoms with van der Waals surface area (Å²) in [6.45, 7) is 0.0884. The zero-order chi connectivity index (χ0) is 29.5. The average Bonchev–Trinajstić information content (AvgIpc) is 3.55. The Balaban J connectivity index is 1.46. The lowest BCUT2D eigenvalue weighted by Gasteiger charge is -2.32. The fraction of sp³-hybridized carbons (Fsp3) is 0.407. The smallest absolute Gasteiger partial charge is 0.392 e. The quantitative estimate of drug-likeness (QED) is 0.303. The topological polar surface area (TPSA) is 130 Å². The third kappa shape index (κ3) is 5.97. The number of aromatic nitrogens is 1. The summed E-state index contributed by atoms with van der Waals surface area (Å²) in [5, 5.41) is 16.5. The average molecular weight is 610 g/mol. The van der Waals surface area contributed by atoms with Crippen molar-refractivity contribution in [2.45, 2.75) is 49.5 Å². The van der Waals surface area contributed by atoms with E-state index in [4.69, 9.17) is 18.0 Å². The monoisotopic (exact) mass is 609 g/mol. The van der Waals surface area contributed by atoms with Crippen molar-refractivity contribution in [3.63, 3.8) is 0 Å². The molecule has 2 aromatic carbocycles. The van der Waals surface area contributed by atoms with Crippen molar-refractivity contribution in [1.29, 1.82) is 0 Å². The van der Waals surface area contributed by atoms with Crippen LogP contribution in [0, 0.1) is 0 Å². The minimum atomic E-state index is -5.39. The van der Waals surface area contributed by atoms with E-state index in [0.29, 0.717) is 22.8 Å². The number of hydrogen-bond acceptors (Lipinski definition) is 6. The van der Waals surface area contributed by atoms with Crippen molar-refractivity contribution in [2.75, 3.05) is 19.6 Å². The predicted molar refractivity (Wildman–Crippen MR) is 152 cm³/mol. The van der Waals surface area contributed by atoms with Crippen LogP contribution in [-0.2, 0) is 21.4 Å². The van der Waals surface area contributed by atoms with Gasteiger partial charge in [-0.1, -0.05) is 42.5 Å². The van der Waals surface area contributed by atoms with Crippen LogP contribution in [0.15, 0.2) is 48.7 Å². The van der Waals surface area contributed by atoms with Crippen LogP contribution in [0.25, 0.3) is 22.0 Å². The molecule has 2 saturated heterocycles. The van der Waals surface area contributed by atoms with Gasteiger partial charge in [-0.15, -0.1) is 0 Å². The van der Waals surface area contributed by atoms with Gasteiger partial charge in [-0.25, -0.2) is 8.42 Å². The Kier molecular flexibility index (Phi) is 8.14. The maximum Gasteiger partial charge on any atom is 0.511 e. The molecule has 9 nitrogen and oxygen atoms in total. The van der Waals surface area contributed by atoms with Gasteiger partial charge in [0.05, 0.1) is 12.1 Å². The van der Waals surface area contributed by atoms with Crippen molar-refractivity contribution < 1.29 is 31.5 Å². The van der Waals surface area contributed by atoms with Gasteiger partial charge in [0.2, 0.25) is 5.91 Å². The molecule has 2 aliphatic heterocycles. The molecular weight excluding hydrogens is 579 g/mol. The second-order valence-corrected chi connectivity index (χ2v) is 12.8. The zero-order valence-corrected chi connectivity index (χ0v) is 23.5. The van der Waals surface area contributed by atoms with E-state index in [-0.39, 0.29) is 49.4 Å². The van der Waals surface area contributed by atoms with E-state index in [9.17, 15) is 31.5 Å². The Morgan fingerprint density at radius 3 is 2.54 bits per heavy atom. The second kappa shape index (κ2) is 11.3. The van der Waals surface area contributed by atoms with Gasteiger partial charge in [0, 0.05) is 60.4 Å². The van der Waals surface area contributed by atoms with E-state index in [1.807, 2.05) is 47.2 Å². The molecular formula is C27H30F3N5O4S2. The summed E-state index contributed by atoms with van der Waals surface area (Å²) in [4.78, 5) is 12.8. The van der Waals surface area contributed by atoms with Gasteiger partial charge in [0.25, 0.3) is 0 Å². The van der Waals surface area contributed by atoms with E-state index in [1.165, 1.54) is 0 Å². The highest BCUT2D eigenvalue weighted by atomic mass is 32.2. The maximum absolute atomic E-state index is 13.1. The Labute approximate surface area is 240 Å². The number of fused-ring (bicyclic) bond motifs is 1. The lowest BCUT2D eigenvalue weighted by molar-refractivity contribution is -0.123. The van der Waals surface area contributed by atoms with Gasteiger partial charge in [0.1, 0.15) is 4.99 Å². The number of amides is 1. The lowest BCUT2D eigenvalue weighted by Crippen LogP contribution is -2.45. The van der Waals surface area contributed by atoms with Crippen molar-refractivity contribution >= 4 is 44.0 Å². The molecule has 0 radical (unpaired) electrons. The number of carbonyl (C=O) groups is 1. The summed E-state index contributed by atoms with van der Waals surface area (Å²) < 4.78 is 65.7. The van der Waals surface area contributed by atoms with Gasteiger partial charge in [-0.2, -0.15) is 17.5 Å². The number of hydrogen-bond donors (Lipinski definition) is 4. The Bertz CT molecular complexity index is 1580. The number of β-amino-alcohol motifs (C(OH)–C–C–N with tert-alkyl or cyclic N) is 1. The van der Waals surface area contributed by atoms with Gasteiger partial charge in [-0.05, 0) is 42.5 Å². The molecule has 14 heteroatoms. The first kappa shape index (κ1) is 29.5. The van der Waals surface area contributed by atoms with E-state index < -0.39 is 27.7 Å². The molecule has 220 valence electrons. The molecule has 5 N–H and O–H groups in total. The molecule has 1 amide bonds. The first-order valence-electron chi connectivity index (χ1n) is 13.1. The highest BCUT2D eigenvalue weighted by molar-refractivity contribution is 7.90. The Hall–Kier alpha value is -3.04. The van der Waals surface area contributed by atoms with Crippen LogP contribution < -0.4 is 16.4 Å². The molecule has 3 aromatic rings. The number of piperidine rings is 1. The number of halogens is 3. The minimum absolute atomic E-state index is 0.197. The molecule has 0 saturated carbocycles. The molecule has 2 aliphatic rings. The third-order valence-electron chi connectivity index (χ3n) is 7.70. The number of sulfonamides is 1. The summed E-state index contributed by atoms with van der Waals surface area (Å²) in [6, 6.07) is 12.5. The summed E-state index contributed by atoms with van der Waals surface area (Å²) in [5.74, 6) is -0.217. The Morgan fingerprint density at radius 2 is 1.90 bits per heavy atom. The van der Waals surface area contributed by atoms with E-state index in [2.05, 4.69) is 10.6 Å². The normalized spacial score (nSPS) is 20.9. The fourth-order valence-corrected chi connectivity index (χ4v) is 6.63. The first-order chi connectivity index (χ1) is 19.3. The van der Waals surface area contributed by atoms with Crippen molar-refractivity contribution in [3.8, 4) is 11.1 Å². The van der Waals surface area contributed by atoms with Crippen molar-refractivity contribution in [1.82, 2.24) is 19.5 Å². The molecule has 3 heterocycles. The molecule has 5 rings (SSSR count). The fourth-order valence-electron chi connectivity index (χ4n) is 5.52. The predicted octanol–water partition coefficient (Wildman–Crippen LogP) is 2.77. The van der Waals surface area contributed by atoms with Gasteiger partial charge in [-0.3, -0.25) is 4.79 Å². The number of thiocarbonyl (C=S) groups is 1. The van der Waals surface area contributed by atoms with Gasteiger partial charge < -0.3 is 26.0 Å². The van der Waals surface area contributed by atoms with Crippen LogP contribution >= 0.6 is 12.2 Å². The number of aliphatic hydroxyl groups is 1. The highest BCUT2D eigenvalue weighted by Gasteiger charge is 2.50. The molecule has 1 aromatic heterocycles. The maximum atomic E-state index is 13.1. The van der Waals surface area contributed by atoms with E-state index >= 15 is 0 Å². The summed E-state index contributed by atoms with van der Waals surface area (Å²) in [6.07, 6.45) is 2.09. The summed E-state index contributed by atoms with van der Waals surface area (Å²) in [7, 11) is -5.39. The second-order valence-electron chi connectivity index (χ2n) is 10.4. The number of nitrogens with two attached hydrogens (primary N) is 1. The minimum Gasteiger partial charge on any atom is -0.392 e. The number of benzene rings is 2. The summed E-state index contributed by atoms with van der Waals surface area (Å²) in [5.41, 5.74) is 4.52. The van der Waals surface area contributed by atoms with E-state index in [1.54, 1.807) is 6.07 Å². The number of carbonyl (C=O) groups excluding carboxylic acids is 1. The first-order valence-corrected chi connectivity index (χ1v) is 15.0. The highest BCUT2D eigenvalue weighted by Crippen LogP contribution is 2.38. The van der Waals surface area contributed by atoms with Gasteiger partial charge >= 0.3 is 15.5 Å². The van der Waals surface area contributed by atoms with Crippen molar-refractivity contribution in [2.24, 2.45) is 5.73 Å². The van der Waals surface area contributed by atoms with Crippen molar-refractivity contribution in [3.05, 3.63) is 59.8 Å². The molecule has 0 unspecified atom stereocenters. The molecule has 0 bridgehead atoms. The van der Waals surface area contributed by atoms with E-state index in [0.717, 1.165) is 27.6 Å². The lowest BCUT2D eigenvalue weighted by atomic mass is 10.0. The van der Waals surface area contributed by atoms with Gasteiger partial charge in [0.15, 0.2) is 0 Å². The number of nitrogens with zero attached hydrogens (tertiary/aromatic N) is 2. The molecule has 2 atom stereocenters.